The van der Waals surface area contributed by atoms with E-state index in [0.717, 1.165) is 16.8 Å². The Balaban J connectivity index is 1.67. The first-order valence-electron chi connectivity index (χ1n) is 7.57. The first kappa shape index (κ1) is 16.7. The molecule has 2 aromatic heterocycles. The summed E-state index contributed by atoms with van der Waals surface area (Å²) in [5.41, 5.74) is 0.0690. The highest BCUT2D eigenvalue weighted by Gasteiger charge is 2.16. The van der Waals surface area contributed by atoms with Crippen molar-refractivity contribution in [3.05, 3.63) is 58.3 Å². The van der Waals surface area contributed by atoms with Gasteiger partial charge in [0.15, 0.2) is 5.52 Å². The lowest BCUT2D eigenvalue weighted by Crippen LogP contribution is -2.39. The molecular formula is C16H15F2N5O2. The fourth-order valence-corrected chi connectivity index (χ4v) is 2.53. The van der Waals surface area contributed by atoms with Crippen LogP contribution in [0.1, 0.15) is 12.5 Å². The molecule has 25 heavy (non-hydrogen) atoms. The van der Waals surface area contributed by atoms with Gasteiger partial charge in [-0.25, -0.2) is 18.4 Å². The van der Waals surface area contributed by atoms with E-state index in [1.165, 1.54) is 18.6 Å². The molecule has 3 aromatic rings. The average Bonchev–Trinajstić information content (AvgIpc) is 3.03. The van der Waals surface area contributed by atoms with Gasteiger partial charge in [0.25, 0.3) is 5.56 Å². The predicted molar refractivity (Wildman–Crippen MR) is 85.8 cm³/mol. The lowest BCUT2D eigenvalue weighted by atomic mass is 10.1. The summed E-state index contributed by atoms with van der Waals surface area (Å²) in [7, 11) is 0. The van der Waals surface area contributed by atoms with E-state index < -0.39 is 29.1 Å². The van der Waals surface area contributed by atoms with Gasteiger partial charge >= 0.3 is 0 Å². The minimum absolute atomic E-state index is 0.00895. The molecule has 0 aliphatic carbocycles. The maximum Gasteiger partial charge on any atom is 0.295 e. The van der Waals surface area contributed by atoms with Crippen LogP contribution in [0.3, 0.4) is 0 Å². The van der Waals surface area contributed by atoms with Crippen LogP contribution >= 0.6 is 0 Å². The van der Waals surface area contributed by atoms with Crippen molar-refractivity contribution in [2.75, 3.05) is 0 Å². The van der Waals surface area contributed by atoms with Gasteiger partial charge in [-0.3, -0.25) is 9.59 Å². The van der Waals surface area contributed by atoms with Crippen molar-refractivity contribution >= 4 is 16.9 Å². The van der Waals surface area contributed by atoms with Crippen LogP contribution in [0.15, 0.2) is 35.5 Å². The van der Waals surface area contributed by atoms with E-state index in [2.05, 4.69) is 20.4 Å². The van der Waals surface area contributed by atoms with Gasteiger partial charge < -0.3 is 10.3 Å². The third-order valence-corrected chi connectivity index (χ3v) is 3.70. The molecule has 1 atom stereocenters. The summed E-state index contributed by atoms with van der Waals surface area (Å²) < 4.78 is 28.3. The summed E-state index contributed by atoms with van der Waals surface area (Å²) in [6.07, 6.45) is 2.75. The normalized spacial score (nSPS) is 12.3. The van der Waals surface area contributed by atoms with E-state index in [9.17, 15) is 18.4 Å². The van der Waals surface area contributed by atoms with Crippen LogP contribution in [0.4, 0.5) is 8.78 Å². The minimum atomic E-state index is -0.664. The number of hydrogen-bond donors (Lipinski definition) is 2. The standard InChI is InChI=1S/C16H15F2N5O2/c1-9(5-10-11(17)3-2-4-12(10)18)22-14(24)7-23-16(25)15-13(6-21-23)19-8-20-15/h2-4,6,8-9H,5,7H2,1H3,(H,19,20)(H,22,24). The van der Waals surface area contributed by atoms with Gasteiger partial charge in [0, 0.05) is 11.6 Å². The zero-order valence-corrected chi connectivity index (χ0v) is 13.3. The number of aromatic amines is 1. The van der Waals surface area contributed by atoms with Gasteiger partial charge in [-0.2, -0.15) is 5.10 Å². The quantitative estimate of drug-likeness (QED) is 0.724. The van der Waals surface area contributed by atoms with Crippen LogP contribution in [0, 0.1) is 11.6 Å². The average molecular weight is 347 g/mol. The van der Waals surface area contributed by atoms with E-state index in [1.54, 1.807) is 6.92 Å². The Kier molecular flexibility index (Phi) is 4.55. The van der Waals surface area contributed by atoms with Crippen molar-refractivity contribution < 1.29 is 13.6 Å². The molecular weight excluding hydrogens is 332 g/mol. The van der Waals surface area contributed by atoms with E-state index in [-0.39, 0.29) is 24.0 Å². The zero-order chi connectivity index (χ0) is 18.0. The van der Waals surface area contributed by atoms with Crippen molar-refractivity contribution in [1.82, 2.24) is 25.1 Å². The fourth-order valence-electron chi connectivity index (χ4n) is 2.53. The number of fused-ring (bicyclic) bond motifs is 1. The van der Waals surface area contributed by atoms with Crippen molar-refractivity contribution in [3.63, 3.8) is 0 Å². The molecule has 0 radical (unpaired) electrons. The van der Waals surface area contributed by atoms with Crippen LogP contribution in [0.2, 0.25) is 0 Å². The molecule has 0 aliphatic rings. The number of nitrogens with zero attached hydrogens (tertiary/aromatic N) is 3. The lowest BCUT2D eigenvalue weighted by Gasteiger charge is -2.15. The number of carbonyl (C=O) groups excluding carboxylic acids is 1. The molecule has 1 amide bonds. The van der Waals surface area contributed by atoms with Crippen LogP contribution < -0.4 is 10.9 Å². The highest BCUT2D eigenvalue weighted by molar-refractivity contribution is 5.77. The predicted octanol–water partition coefficient (Wildman–Crippen LogP) is 1.15. The van der Waals surface area contributed by atoms with Crippen LogP contribution in [0.25, 0.3) is 11.0 Å². The molecule has 0 saturated carbocycles. The van der Waals surface area contributed by atoms with Crippen molar-refractivity contribution in [3.8, 4) is 0 Å². The van der Waals surface area contributed by atoms with Crippen LogP contribution in [-0.4, -0.2) is 31.7 Å². The molecule has 2 N–H and O–H groups in total. The van der Waals surface area contributed by atoms with Gasteiger partial charge in [0.2, 0.25) is 5.91 Å². The molecule has 0 aliphatic heterocycles. The molecule has 0 fully saturated rings. The SMILES string of the molecule is CC(Cc1c(F)cccc1F)NC(=O)Cn1ncc2[nH]cnc2c1=O. The van der Waals surface area contributed by atoms with Gasteiger partial charge in [0.1, 0.15) is 18.2 Å². The van der Waals surface area contributed by atoms with Crippen LogP contribution in [-0.2, 0) is 17.8 Å². The summed E-state index contributed by atoms with van der Waals surface area (Å²) >= 11 is 0. The third kappa shape index (κ3) is 3.54. The second-order valence-electron chi connectivity index (χ2n) is 5.65. The number of H-pyrrole nitrogens is 1. The summed E-state index contributed by atoms with van der Waals surface area (Å²) in [6.45, 7) is 1.31. The molecule has 2 heterocycles. The number of halogens is 2. The number of rotatable bonds is 5. The van der Waals surface area contributed by atoms with E-state index in [0.29, 0.717) is 5.52 Å². The van der Waals surface area contributed by atoms with E-state index >= 15 is 0 Å². The summed E-state index contributed by atoms with van der Waals surface area (Å²) in [5.74, 6) is -1.82. The Morgan fingerprint density at radius 1 is 1.36 bits per heavy atom. The maximum atomic E-state index is 13.6. The Morgan fingerprint density at radius 3 is 2.80 bits per heavy atom. The monoisotopic (exact) mass is 347 g/mol. The van der Waals surface area contributed by atoms with Gasteiger partial charge in [0.05, 0.1) is 18.0 Å². The largest absolute Gasteiger partial charge is 0.352 e. The van der Waals surface area contributed by atoms with E-state index in [4.69, 9.17) is 0 Å². The number of amides is 1. The second-order valence-corrected chi connectivity index (χ2v) is 5.65. The number of imidazole rings is 1. The zero-order valence-electron chi connectivity index (χ0n) is 13.3. The molecule has 0 spiro atoms. The smallest absolute Gasteiger partial charge is 0.295 e. The Bertz CT molecular complexity index is 962. The Morgan fingerprint density at radius 2 is 2.08 bits per heavy atom. The highest BCUT2D eigenvalue weighted by Crippen LogP contribution is 2.14. The first-order valence-corrected chi connectivity index (χ1v) is 7.57. The van der Waals surface area contributed by atoms with Gasteiger partial charge in [-0.1, -0.05) is 6.07 Å². The Labute approximate surface area is 140 Å². The van der Waals surface area contributed by atoms with Crippen LogP contribution in [0.5, 0.6) is 0 Å². The third-order valence-electron chi connectivity index (χ3n) is 3.70. The molecule has 1 aromatic carbocycles. The van der Waals surface area contributed by atoms with Gasteiger partial charge in [-0.05, 0) is 25.5 Å². The van der Waals surface area contributed by atoms with Crippen molar-refractivity contribution in [2.24, 2.45) is 0 Å². The summed E-state index contributed by atoms with van der Waals surface area (Å²) in [5, 5.41) is 6.49. The number of benzene rings is 1. The molecule has 3 rings (SSSR count). The summed E-state index contributed by atoms with van der Waals surface area (Å²) in [4.78, 5) is 30.8. The molecule has 0 bridgehead atoms. The number of carbonyl (C=O) groups is 1. The van der Waals surface area contributed by atoms with Crippen molar-refractivity contribution in [2.45, 2.75) is 25.9 Å². The maximum absolute atomic E-state index is 13.6. The topological polar surface area (TPSA) is 92.7 Å². The van der Waals surface area contributed by atoms with Gasteiger partial charge in [-0.15, -0.1) is 0 Å². The van der Waals surface area contributed by atoms with Crippen molar-refractivity contribution in [1.29, 1.82) is 0 Å². The summed E-state index contributed by atoms with van der Waals surface area (Å²) in [6, 6.07) is 3.08. The Hall–Kier alpha value is -3.10. The molecule has 0 saturated heterocycles. The molecule has 7 nitrogen and oxygen atoms in total. The molecule has 1 unspecified atom stereocenters. The molecule has 9 heteroatoms. The number of hydrogen-bond acceptors (Lipinski definition) is 4. The van der Waals surface area contributed by atoms with E-state index in [1.807, 2.05) is 0 Å². The molecule has 130 valence electrons. The number of nitrogens with one attached hydrogen (secondary N) is 2. The fraction of sp³-hybridized carbons (Fsp3) is 0.250. The lowest BCUT2D eigenvalue weighted by molar-refractivity contribution is -0.122. The minimum Gasteiger partial charge on any atom is -0.352 e. The number of aromatic nitrogens is 4. The highest BCUT2D eigenvalue weighted by atomic mass is 19.1. The second kappa shape index (κ2) is 6.80. The first-order chi connectivity index (χ1) is 12.0.